The summed E-state index contributed by atoms with van der Waals surface area (Å²) in [7, 11) is 4.27. The van der Waals surface area contributed by atoms with Crippen molar-refractivity contribution in [2.24, 2.45) is 0 Å². The molecule has 0 amide bonds. The molecule has 0 saturated heterocycles. The first kappa shape index (κ1) is 18.0. The van der Waals surface area contributed by atoms with Gasteiger partial charge in [-0.3, -0.25) is 0 Å². The van der Waals surface area contributed by atoms with Crippen LogP contribution in [0.5, 0.6) is 0 Å². The summed E-state index contributed by atoms with van der Waals surface area (Å²) in [6.45, 7) is 4.22. The Morgan fingerprint density at radius 2 is 1.56 bits per heavy atom. The molecular formula is C22H25BrN2. The molecule has 0 spiro atoms. The average molecular weight is 397 g/mol. The normalized spacial score (nSPS) is 12.5. The van der Waals surface area contributed by atoms with Gasteiger partial charge in [-0.1, -0.05) is 64.5 Å². The van der Waals surface area contributed by atoms with Gasteiger partial charge in [-0.05, 0) is 50.2 Å². The van der Waals surface area contributed by atoms with Crippen LogP contribution in [-0.4, -0.2) is 31.6 Å². The van der Waals surface area contributed by atoms with Gasteiger partial charge in [-0.2, -0.15) is 0 Å². The molecule has 0 heterocycles. The van der Waals surface area contributed by atoms with Gasteiger partial charge in [0, 0.05) is 34.7 Å². The molecule has 0 aliphatic rings. The van der Waals surface area contributed by atoms with Gasteiger partial charge in [-0.25, -0.2) is 0 Å². The number of nitrogens with zero attached hydrogens (tertiary/aromatic N) is 2. The van der Waals surface area contributed by atoms with Crippen LogP contribution in [0.15, 0.2) is 71.2 Å². The monoisotopic (exact) mass is 396 g/mol. The van der Waals surface area contributed by atoms with E-state index in [1.54, 1.807) is 0 Å². The molecule has 1 unspecified atom stereocenters. The summed E-state index contributed by atoms with van der Waals surface area (Å²) in [5.41, 5.74) is 2.62. The van der Waals surface area contributed by atoms with Crippen LogP contribution in [0.3, 0.4) is 0 Å². The van der Waals surface area contributed by atoms with E-state index < -0.39 is 0 Å². The Balaban J connectivity index is 2.01. The Labute approximate surface area is 159 Å². The first-order valence-corrected chi connectivity index (χ1v) is 9.47. The minimum absolute atomic E-state index is 0.407. The summed E-state index contributed by atoms with van der Waals surface area (Å²) in [6, 6.07) is 24.3. The number of hydrogen-bond acceptors (Lipinski definition) is 2. The smallest absolute Gasteiger partial charge is 0.0451 e. The molecule has 25 heavy (non-hydrogen) atoms. The molecule has 3 heteroatoms. The first-order chi connectivity index (χ1) is 12.0. The highest BCUT2D eigenvalue weighted by atomic mass is 79.9. The van der Waals surface area contributed by atoms with Crippen molar-refractivity contribution in [2.75, 3.05) is 25.5 Å². The fraction of sp³-hybridized carbons (Fsp3) is 0.273. The van der Waals surface area contributed by atoms with E-state index in [0.717, 1.165) is 17.6 Å². The predicted octanol–water partition coefficient (Wildman–Crippen LogP) is 5.56. The molecule has 3 aromatic rings. The van der Waals surface area contributed by atoms with Gasteiger partial charge in [0.25, 0.3) is 0 Å². The third-order valence-electron chi connectivity index (χ3n) is 4.50. The van der Waals surface area contributed by atoms with E-state index >= 15 is 0 Å². The van der Waals surface area contributed by atoms with Gasteiger partial charge in [0.2, 0.25) is 0 Å². The van der Waals surface area contributed by atoms with Crippen molar-refractivity contribution in [1.82, 2.24) is 4.90 Å². The molecule has 0 saturated carbocycles. The van der Waals surface area contributed by atoms with Crippen LogP contribution in [0, 0.1) is 0 Å². The lowest BCUT2D eigenvalue weighted by molar-refractivity contribution is 0.371. The quantitative estimate of drug-likeness (QED) is 0.537. The Kier molecular flexibility index (Phi) is 5.77. The SMILES string of the molecule is CC(CN(C)C)N(Cc1ccc(Br)cc1)c1cccc2ccccc12. The summed E-state index contributed by atoms with van der Waals surface area (Å²) in [4.78, 5) is 4.77. The van der Waals surface area contributed by atoms with Crippen molar-refractivity contribution in [2.45, 2.75) is 19.5 Å². The lowest BCUT2D eigenvalue weighted by Crippen LogP contribution is -2.39. The fourth-order valence-electron chi connectivity index (χ4n) is 3.35. The van der Waals surface area contributed by atoms with Gasteiger partial charge < -0.3 is 9.80 Å². The molecule has 1 atom stereocenters. The number of hydrogen-bond donors (Lipinski definition) is 0. The van der Waals surface area contributed by atoms with Crippen LogP contribution in [0.1, 0.15) is 12.5 Å². The maximum atomic E-state index is 3.53. The van der Waals surface area contributed by atoms with Crippen molar-refractivity contribution in [3.63, 3.8) is 0 Å². The standard InChI is InChI=1S/C22H25BrN2/c1-17(15-24(2)3)25(16-18-11-13-20(23)14-12-18)22-10-6-8-19-7-4-5-9-21(19)22/h4-14,17H,15-16H2,1-3H3. The van der Waals surface area contributed by atoms with E-state index in [4.69, 9.17) is 0 Å². The molecular weight excluding hydrogens is 372 g/mol. The van der Waals surface area contributed by atoms with Crippen molar-refractivity contribution >= 4 is 32.4 Å². The molecule has 0 radical (unpaired) electrons. The number of rotatable bonds is 6. The molecule has 0 aliphatic heterocycles. The second-order valence-corrected chi connectivity index (χ2v) is 7.78. The van der Waals surface area contributed by atoms with E-state index in [-0.39, 0.29) is 0 Å². The number of anilines is 1. The largest absolute Gasteiger partial charge is 0.363 e. The third-order valence-corrected chi connectivity index (χ3v) is 5.03. The van der Waals surface area contributed by atoms with Crippen LogP contribution in [0.4, 0.5) is 5.69 Å². The van der Waals surface area contributed by atoms with Gasteiger partial charge in [-0.15, -0.1) is 0 Å². The molecule has 2 nitrogen and oxygen atoms in total. The van der Waals surface area contributed by atoms with E-state index in [1.165, 1.54) is 22.0 Å². The molecule has 0 fully saturated rings. The van der Waals surface area contributed by atoms with Gasteiger partial charge >= 0.3 is 0 Å². The molecule has 0 N–H and O–H groups in total. The van der Waals surface area contributed by atoms with Crippen LogP contribution >= 0.6 is 15.9 Å². The van der Waals surface area contributed by atoms with E-state index in [2.05, 4.69) is 113 Å². The number of benzene rings is 3. The molecule has 3 aromatic carbocycles. The molecule has 0 aromatic heterocycles. The van der Waals surface area contributed by atoms with Crippen molar-refractivity contribution in [3.8, 4) is 0 Å². The summed E-state index contributed by atoms with van der Waals surface area (Å²) < 4.78 is 1.12. The van der Waals surface area contributed by atoms with Crippen LogP contribution in [0.25, 0.3) is 10.8 Å². The fourth-order valence-corrected chi connectivity index (χ4v) is 3.62. The maximum absolute atomic E-state index is 3.53. The van der Waals surface area contributed by atoms with Crippen molar-refractivity contribution in [3.05, 3.63) is 76.8 Å². The summed E-state index contributed by atoms with van der Waals surface area (Å²) in [6.07, 6.45) is 0. The molecule has 0 bridgehead atoms. The molecule has 0 aliphatic carbocycles. The van der Waals surface area contributed by atoms with Crippen molar-refractivity contribution in [1.29, 1.82) is 0 Å². The van der Waals surface area contributed by atoms with Crippen molar-refractivity contribution < 1.29 is 0 Å². The maximum Gasteiger partial charge on any atom is 0.0451 e. The Hall–Kier alpha value is -1.84. The van der Waals surface area contributed by atoms with Crippen LogP contribution < -0.4 is 4.90 Å². The Morgan fingerprint density at radius 3 is 2.28 bits per heavy atom. The van der Waals surface area contributed by atoms with E-state index in [1.807, 2.05) is 0 Å². The zero-order valence-corrected chi connectivity index (χ0v) is 16.7. The highest BCUT2D eigenvalue weighted by Crippen LogP contribution is 2.30. The lowest BCUT2D eigenvalue weighted by Gasteiger charge is -2.34. The Bertz CT molecular complexity index is 822. The highest BCUT2D eigenvalue weighted by Gasteiger charge is 2.18. The highest BCUT2D eigenvalue weighted by molar-refractivity contribution is 9.10. The van der Waals surface area contributed by atoms with Crippen LogP contribution in [-0.2, 0) is 6.54 Å². The van der Waals surface area contributed by atoms with Gasteiger partial charge in [0.05, 0.1) is 0 Å². The number of fused-ring (bicyclic) bond motifs is 1. The topological polar surface area (TPSA) is 6.48 Å². The third kappa shape index (κ3) is 4.42. The van der Waals surface area contributed by atoms with Crippen LogP contribution in [0.2, 0.25) is 0 Å². The molecule has 3 rings (SSSR count). The second kappa shape index (κ2) is 8.03. The average Bonchev–Trinajstić information content (AvgIpc) is 2.60. The second-order valence-electron chi connectivity index (χ2n) is 6.86. The summed E-state index contributed by atoms with van der Waals surface area (Å²) in [5.74, 6) is 0. The summed E-state index contributed by atoms with van der Waals surface area (Å²) >= 11 is 3.53. The number of likely N-dealkylation sites (N-methyl/N-ethyl adjacent to an activating group) is 1. The minimum atomic E-state index is 0.407. The summed E-state index contributed by atoms with van der Waals surface area (Å²) in [5, 5.41) is 2.60. The Morgan fingerprint density at radius 1 is 0.880 bits per heavy atom. The van der Waals surface area contributed by atoms with Gasteiger partial charge in [0.1, 0.15) is 0 Å². The zero-order chi connectivity index (χ0) is 17.8. The van der Waals surface area contributed by atoms with E-state index in [0.29, 0.717) is 6.04 Å². The first-order valence-electron chi connectivity index (χ1n) is 8.68. The predicted molar refractivity (Wildman–Crippen MR) is 112 cm³/mol. The molecule has 130 valence electrons. The lowest BCUT2D eigenvalue weighted by atomic mass is 10.1. The minimum Gasteiger partial charge on any atom is -0.363 e. The van der Waals surface area contributed by atoms with E-state index in [9.17, 15) is 0 Å². The zero-order valence-electron chi connectivity index (χ0n) is 15.1. The number of halogens is 1. The van der Waals surface area contributed by atoms with Gasteiger partial charge in [0.15, 0.2) is 0 Å².